The van der Waals surface area contributed by atoms with Crippen LogP contribution in [0.3, 0.4) is 0 Å². The Bertz CT molecular complexity index is 3020. The van der Waals surface area contributed by atoms with E-state index in [0.717, 1.165) is 57.3 Å². The summed E-state index contributed by atoms with van der Waals surface area (Å²) < 4.78 is 35.0. The van der Waals surface area contributed by atoms with Gasteiger partial charge in [-0.25, -0.2) is 0 Å². The van der Waals surface area contributed by atoms with Gasteiger partial charge in [0.05, 0.1) is 40.2 Å². The van der Waals surface area contributed by atoms with Crippen molar-refractivity contribution in [2.45, 2.75) is 117 Å². The van der Waals surface area contributed by atoms with Crippen molar-refractivity contribution in [3.05, 3.63) is 274 Å². The van der Waals surface area contributed by atoms with Gasteiger partial charge in [0.2, 0.25) is 0 Å². The summed E-state index contributed by atoms with van der Waals surface area (Å²) in [6.45, 7) is 45.7. The third-order valence-corrected chi connectivity index (χ3v) is 11.7. The average Bonchev–Trinajstić information content (AvgIpc) is 2.41. The third-order valence-electron chi connectivity index (χ3n) is 11.7. The van der Waals surface area contributed by atoms with Crippen LogP contribution < -0.4 is 0 Å². The van der Waals surface area contributed by atoms with E-state index in [-0.39, 0.29) is 87.4 Å². The predicted octanol–water partition coefficient (Wildman–Crippen LogP) is 12.5. The van der Waals surface area contributed by atoms with Crippen LogP contribution in [0.1, 0.15) is 130 Å². The second-order valence-corrected chi connectivity index (χ2v) is 21.6. The van der Waals surface area contributed by atoms with Gasteiger partial charge in [0.1, 0.15) is 0 Å². The molecule has 0 unspecified atom stereocenters. The van der Waals surface area contributed by atoms with Crippen molar-refractivity contribution < 1.29 is 78.9 Å². The molecule has 10 rings (SSSR count). The van der Waals surface area contributed by atoms with E-state index < -0.39 is 0 Å². The van der Waals surface area contributed by atoms with E-state index in [2.05, 4.69) is 185 Å². The second-order valence-electron chi connectivity index (χ2n) is 21.6. The molecule has 0 bridgehead atoms. The number of nitrogens with zero attached hydrogens (tertiary/aromatic N) is 13. The molecule has 0 N–H and O–H groups in total. The molecule has 0 spiro atoms. The summed E-state index contributed by atoms with van der Waals surface area (Å²) in [5.74, 6) is 2.40. The summed E-state index contributed by atoms with van der Waals surface area (Å²) in [6.07, 6.45) is 21.7. The van der Waals surface area contributed by atoms with Crippen LogP contribution in [0.4, 0.5) is 0 Å². The molecule has 86 heavy (non-hydrogen) atoms. The van der Waals surface area contributed by atoms with Crippen molar-refractivity contribution in [1.82, 2.24) is 64.2 Å². The van der Waals surface area contributed by atoms with Crippen molar-refractivity contribution >= 4 is 0 Å². The van der Waals surface area contributed by atoms with Gasteiger partial charge in [0.25, 0.3) is 0 Å². The smallest absolute Gasteiger partial charge is 0 e. The SMILES string of the molecule is CC(C)(C)c1c[c-]n(-c2ccccn2)n1.CC(C)(C)c1c[c-]n(-c2ccccn2)n1.CC(C)(C)c1c[c-]n(-c2ccccn2)n1.CC(C)(c1ccccn1)c1ccccn1.CC(C)(c1ccccn1)c1ccccn1.[C-]#[O+].[C-]#[O+].[C-]#[O+].[C-]#[O+].[Re].[Re].[Ru+]. The summed E-state index contributed by atoms with van der Waals surface area (Å²) in [5.41, 5.74) is 7.13. The van der Waals surface area contributed by atoms with Crippen LogP contribution in [0, 0.1) is 45.2 Å². The molecule has 447 valence electrons. The molecule has 3 radical (unpaired) electrons. The normalized spacial score (nSPS) is 10.2. The van der Waals surface area contributed by atoms with E-state index in [1.165, 1.54) is 0 Å². The molecule has 10 heterocycles. The zero-order valence-corrected chi connectivity index (χ0v) is 57.6. The van der Waals surface area contributed by atoms with Crippen LogP contribution >= 0.6 is 0 Å². The van der Waals surface area contributed by atoms with Gasteiger partial charge in [-0.15, -0.1) is 18.2 Å². The molecule has 0 aliphatic carbocycles. The summed E-state index contributed by atoms with van der Waals surface area (Å²) >= 11 is 0. The minimum absolute atomic E-state index is 0. The zero-order valence-electron chi connectivity index (χ0n) is 50.5. The zero-order chi connectivity index (χ0) is 62.1. The van der Waals surface area contributed by atoms with Gasteiger partial charge in [0, 0.05) is 95.1 Å². The fourth-order valence-corrected chi connectivity index (χ4v) is 6.94. The van der Waals surface area contributed by atoms with E-state index in [4.69, 9.17) is 18.6 Å². The van der Waals surface area contributed by atoms with Gasteiger partial charge < -0.3 is 29.0 Å². The monoisotopic (exact) mass is 1580 g/mol. The topological polar surface area (TPSA) is 223 Å². The van der Waals surface area contributed by atoms with E-state index >= 15 is 0 Å². The Morgan fingerprint density at radius 3 is 0.616 bits per heavy atom. The molecule has 0 aromatic carbocycles. The minimum atomic E-state index is -0.136. The first-order chi connectivity index (χ1) is 39.6. The second kappa shape index (κ2) is 40.8. The molecular weight excluding hydrogens is 1510 g/mol. The van der Waals surface area contributed by atoms with Gasteiger partial charge in [-0.1, -0.05) is 142 Å². The fraction of sp³-hybridized carbons (Fsp3) is 0.273. The van der Waals surface area contributed by atoms with Crippen LogP contribution in [-0.2, 0) is 106 Å². The first-order valence-corrected chi connectivity index (χ1v) is 25.8. The molecule has 0 saturated carbocycles. The molecule has 0 fully saturated rings. The Morgan fingerprint density at radius 1 is 0.291 bits per heavy atom. The van der Waals surface area contributed by atoms with E-state index in [1.54, 1.807) is 32.6 Å². The van der Waals surface area contributed by atoms with Crippen molar-refractivity contribution in [3.63, 3.8) is 0 Å². The van der Waals surface area contributed by atoms with E-state index in [1.807, 2.05) is 170 Å². The van der Waals surface area contributed by atoms with Crippen LogP contribution in [-0.4, -0.2) is 64.2 Å². The van der Waals surface area contributed by atoms with Gasteiger partial charge in [-0.2, -0.15) is 0 Å². The molecule has 0 aliphatic heterocycles. The largest absolute Gasteiger partial charge is 1.00 e. The van der Waals surface area contributed by atoms with Crippen LogP contribution in [0.25, 0.3) is 17.5 Å². The Hall–Kier alpha value is -7.41. The maximum atomic E-state index is 7.50. The summed E-state index contributed by atoms with van der Waals surface area (Å²) in [6, 6.07) is 46.8. The quantitative estimate of drug-likeness (QED) is 0.0833. The minimum Gasteiger partial charge on any atom is 0 e. The van der Waals surface area contributed by atoms with Crippen LogP contribution in [0.15, 0.2) is 189 Å². The first-order valence-electron chi connectivity index (χ1n) is 25.8. The Labute approximate surface area is 547 Å². The maximum Gasteiger partial charge on any atom is 1.00 e. The van der Waals surface area contributed by atoms with Crippen molar-refractivity contribution in [3.8, 4) is 17.5 Å². The molecule has 17 nitrogen and oxygen atoms in total. The molecule has 20 heteroatoms. The van der Waals surface area contributed by atoms with Crippen LogP contribution in [0.5, 0.6) is 0 Å². The molecule has 0 saturated heterocycles. The molecular formula is C66H70N13O4Re2Ru-2. The van der Waals surface area contributed by atoms with Crippen molar-refractivity contribution in [1.29, 1.82) is 0 Å². The Kier molecular flexibility index (Phi) is 38.3. The molecule has 0 amide bonds. The number of rotatable bonds is 7. The molecule has 0 aliphatic rings. The molecule has 0 atom stereocenters. The standard InChI is InChI=1S/2C13H14N2.3C12H14N3.4CO.2Re.Ru/c2*1-13(2,11-7-3-5-9-14-11)12-8-4-6-10-15-12;3*1-12(2,3)10-7-9-15(14-10)11-6-4-5-8-13-11;4*1-2;;;/h2*3-10H,1-2H3;3*4-8H,1-3H3;;;;;;;/q;;3*-1;;;;;;;+1. The van der Waals surface area contributed by atoms with Crippen LogP contribution in [0.2, 0.25) is 0 Å². The van der Waals surface area contributed by atoms with Gasteiger partial charge in [-0.05, 0) is 128 Å². The van der Waals surface area contributed by atoms with E-state index in [0.29, 0.717) is 0 Å². The Morgan fingerprint density at radius 2 is 0.477 bits per heavy atom. The number of aromatic nitrogens is 13. The third kappa shape index (κ3) is 26.1. The van der Waals surface area contributed by atoms with E-state index in [9.17, 15) is 0 Å². The van der Waals surface area contributed by atoms with Gasteiger partial charge in [-0.3, -0.25) is 35.2 Å². The summed E-state index contributed by atoms with van der Waals surface area (Å²) in [4.78, 5) is 30.2. The fourth-order valence-electron chi connectivity index (χ4n) is 6.94. The number of hydrogen-bond acceptors (Lipinski definition) is 10. The predicted molar refractivity (Wildman–Crippen MR) is 314 cm³/mol. The molecule has 10 aromatic rings. The maximum absolute atomic E-state index is 7.50. The average molecular weight is 1580 g/mol. The number of hydrogen-bond donors (Lipinski definition) is 0. The Balaban J connectivity index is 0. The van der Waals surface area contributed by atoms with Crippen molar-refractivity contribution in [2.75, 3.05) is 0 Å². The molecule has 10 aromatic heterocycles. The first kappa shape index (κ1) is 80.7. The van der Waals surface area contributed by atoms with Crippen molar-refractivity contribution in [2.24, 2.45) is 0 Å². The summed E-state index contributed by atoms with van der Waals surface area (Å²) in [7, 11) is 0. The summed E-state index contributed by atoms with van der Waals surface area (Å²) in [5, 5.41) is 13.4. The van der Waals surface area contributed by atoms with Gasteiger partial charge in [0.15, 0.2) is 0 Å². The number of pyridine rings is 7. The van der Waals surface area contributed by atoms with Gasteiger partial charge >= 0.3 is 64.7 Å².